The summed E-state index contributed by atoms with van der Waals surface area (Å²) in [5.74, 6) is 0.881. The van der Waals surface area contributed by atoms with Crippen molar-refractivity contribution in [2.75, 3.05) is 0 Å². The molecule has 2 aromatic rings. The molecule has 0 aliphatic heterocycles. The SMILES string of the molecule is Cc1ccc(C)c(OC(c2ccc(Cl)s2)C(C)N)c1. The summed E-state index contributed by atoms with van der Waals surface area (Å²) in [6.45, 7) is 6.03. The van der Waals surface area contributed by atoms with Gasteiger partial charge in [-0.3, -0.25) is 0 Å². The van der Waals surface area contributed by atoms with Gasteiger partial charge in [0, 0.05) is 10.9 Å². The van der Waals surface area contributed by atoms with Crippen molar-refractivity contribution >= 4 is 22.9 Å². The number of benzene rings is 1. The molecule has 2 nitrogen and oxygen atoms in total. The molecule has 1 aromatic carbocycles. The third-order valence-corrected chi connectivity index (χ3v) is 4.24. The van der Waals surface area contributed by atoms with E-state index in [1.54, 1.807) is 0 Å². The number of halogens is 1. The van der Waals surface area contributed by atoms with Crippen LogP contribution in [0.25, 0.3) is 0 Å². The molecule has 0 radical (unpaired) electrons. The molecule has 2 unspecified atom stereocenters. The molecule has 0 saturated carbocycles. The minimum absolute atomic E-state index is 0.102. The van der Waals surface area contributed by atoms with Crippen LogP contribution in [0.4, 0.5) is 0 Å². The van der Waals surface area contributed by atoms with E-state index >= 15 is 0 Å². The van der Waals surface area contributed by atoms with Gasteiger partial charge in [-0.05, 0) is 50.1 Å². The molecule has 0 aliphatic rings. The summed E-state index contributed by atoms with van der Waals surface area (Å²) in [4.78, 5) is 1.06. The lowest BCUT2D eigenvalue weighted by molar-refractivity contribution is 0.183. The highest BCUT2D eigenvalue weighted by molar-refractivity contribution is 7.16. The van der Waals surface area contributed by atoms with E-state index in [-0.39, 0.29) is 12.1 Å². The Bertz CT molecular complexity index is 565. The van der Waals surface area contributed by atoms with Crippen LogP contribution in [0, 0.1) is 13.8 Å². The molecule has 1 heterocycles. The Morgan fingerprint density at radius 3 is 2.53 bits per heavy atom. The standard InChI is InChI=1S/C15H18ClNOS/c1-9-4-5-10(2)12(8-9)18-15(11(3)17)13-6-7-14(16)19-13/h4-8,11,15H,17H2,1-3H3. The predicted molar refractivity (Wildman–Crippen MR) is 82.3 cm³/mol. The first-order valence-corrected chi connectivity index (χ1v) is 7.41. The van der Waals surface area contributed by atoms with E-state index in [0.717, 1.165) is 20.5 Å². The van der Waals surface area contributed by atoms with Crippen LogP contribution in [-0.2, 0) is 0 Å². The highest BCUT2D eigenvalue weighted by Gasteiger charge is 2.21. The first kappa shape index (κ1) is 14.4. The predicted octanol–water partition coefficient (Wildman–Crippen LogP) is 4.49. The van der Waals surface area contributed by atoms with Crippen LogP contribution in [0.1, 0.15) is 29.0 Å². The normalized spacial score (nSPS) is 14.2. The van der Waals surface area contributed by atoms with Crippen molar-refractivity contribution in [1.82, 2.24) is 0 Å². The van der Waals surface area contributed by atoms with E-state index in [1.165, 1.54) is 16.9 Å². The molecule has 19 heavy (non-hydrogen) atoms. The maximum absolute atomic E-state index is 6.11. The van der Waals surface area contributed by atoms with Gasteiger partial charge in [0.2, 0.25) is 0 Å². The van der Waals surface area contributed by atoms with Crippen molar-refractivity contribution in [3.8, 4) is 5.75 Å². The summed E-state index contributed by atoms with van der Waals surface area (Å²) in [6.07, 6.45) is -0.169. The molecule has 1 aromatic heterocycles. The molecular weight excluding hydrogens is 278 g/mol. The zero-order valence-corrected chi connectivity index (χ0v) is 12.9. The van der Waals surface area contributed by atoms with E-state index in [4.69, 9.17) is 22.1 Å². The average molecular weight is 296 g/mol. The molecule has 0 spiro atoms. The molecule has 0 fully saturated rings. The largest absolute Gasteiger partial charge is 0.483 e. The van der Waals surface area contributed by atoms with Gasteiger partial charge in [-0.25, -0.2) is 0 Å². The molecule has 2 N–H and O–H groups in total. The van der Waals surface area contributed by atoms with Crippen LogP contribution in [0.15, 0.2) is 30.3 Å². The second-order valence-corrected chi connectivity index (χ2v) is 6.56. The van der Waals surface area contributed by atoms with Crippen molar-refractivity contribution in [3.05, 3.63) is 50.7 Å². The van der Waals surface area contributed by atoms with Gasteiger partial charge in [-0.15, -0.1) is 11.3 Å². The van der Waals surface area contributed by atoms with Crippen molar-refractivity contribution in [3.63, 3.8) is 0 Å². The third kappa shape index (κ3) is 3.50. The summed E-state index contributed by atoms with van der Waals surface area (Å²) < 4.78 is 6.87. The van der Waals surface area contributed by atoms with Crippen LogP contribution in [0.5, 0.6) is 5.75 Å². The van der Waals surface area contributed by atoms with Crippen LogP contribution in [0.2, 0.25) is 4.34 Å². The van der Waals surface area contributed by atoms with Crippen molar-refractivity contribution in [2.24, 2.45) is 5.73 Å². The van der Waals surface area contributed by atoms with E-state index in [0.29, 0.717) is 0 Å². The Morgan fingerprint density at radius 1 is 1.21 bits per heavy atom. The van der Waals surface area contributed by atoms with Gasteiger partial charge in [0.15, 0.2) is 0 Å². The molecule has 2 atom stereocenters. The molecule has 0 aliphatic carbocycles. The summed E-state index contributed by atoms with van der Waals surface area (Å²) in [5, 5.41) is 0. The number of hydrogen-bond acceptors (Lipinski definition) is 3. The lowest BCUT2D eigenvalue weighted by Gasteiger charge is -2.22. The monoisotopic (exact) mass is 295 g/mol. The minimum Gasteiger partial charge on any atom is -0.483 e. The Hall–Kier alpha value is -1.03. The highest BCUT2D eigenvalue weighted by atomic mass is 35.5. The summed E-state index contributed by atoms with van der Waals surface area (Å²) in [7, 11) is 0. The van der Waals surface area contributed by atoms with E-state index in [9.17, 15) is 0 Å². The summed E-state index contributed by atoms with van der Waals surface area (Å²) in [5.41, 5.74) is 8.34. The van der Waals surface area contributed by atoms with Crippen molar-refractivity contribution < 1.29 is 4.74 Å². The van der Waals surface area contributed by atoms with Crippen LogP contribution in [-0.4, -0.2) is 6.04 Å². The Morgan fingerprint density at radius 2 is 1.95 bits per heavy atom. The topological polar surface area (TPSA) is 35.2 Å². The third-order valence-electron chi connectivity index (χ3n) is 2.95. The second-order valence-electron chi connectivity index (χ2n) is 4.81. The number of rotatable bonds is 4. The van der Waals surface area contributed by atoms with Gasteiger partial charge in [-0.2, -0.15) is 0 Å². The average Bonchev–Trinajstić information content (AvgIpc) is 2.76. The van der Waals surface area contributed by atoms with Gasteiger partial charge in [-0.1, -0.05) is 23.7 Å². The maximum atomic E-state index is 6.11. The summed E-state index contributed by atoms with van der Waals surface area (Å²) in [6, 6.07) is 9.93. The maximum Gasteiger partial charge on any atom is 0.148 e. The number of ether oxygens (including phenoxy) is 1. The van der Waals surface area contributed by atoms with Crippen LogP contribution >= 0.6 is 22.9 Å². The summed E-state index contributed by atoms with van der Waals surface area (Å²) >= 11 is 7.50. The van der Waals surface area contributed by atoms with Gasteiger partial charge in [0.1, 0.15) is 11.9 Å². The molecular formula is C15H18ClNOS. The Labute approximate surface area is 123 Å². The minimum atomic E-state index is -0.169. The Balaban J connectivity index is 2.29. The number of thiophene rings is 1. The smallest absolute Gasteiger partial charge is 0.148 e. The fraction of sp³-hybridized carbons (Fsp3) is 0.333. The first-order valence-electron chi connectivity index (χ1n) is 6.22. The molecule has 4 heteroatoms. The molecule has 2 rings (SSSR count). The molecule has 0 amide bonds. The highest BCUT2D eigenvalue weighted by Crippen LogP contribution is 2.33. The van der Waals surface area contributed by atoms with Gasteiger partial charge in [0.25, 0.3) is 0 Å². The molecule has 0 saturated heterocycles. The van der Waals surface area contributed by atoms with Crippen LogP contribution < -0.4 is 10.5 Å². The van der Waals surface area contributed by atoms with Crippen LogP contribution in [0.3, 0.4) is 0 Å². The van der Waals surface area contributed by atoms with E-state index in [2.05, 4.69) is 19.1 Å². The van der Waals surface area contributed by atoms with E-state index < -0.39 is 0 Å². The quantitative estimate of drug-likeness (QED) is 0.902. The van der Waals surface area contributed by atoms with Gasteiger partial charge < -0.3 is 10.5 Å². The number of hydrogen-bond donors (Lipinski definition) is 1. The van der Waals surface area contributed by atoms with Crippen molar-refractivity contribution in [1.29, 1.82) is 0 Å². The lowest BCUT2D eigenvalue weighted by Crippen LogP contribution is -2.28. The van der Waals surface area contributed by atoms with E-state index in [1.807, 2.05) is 32.0 Å². The van der Waals surface area contributed by atoms with Crippen molar-refractivity contribution in [2.45, 2.75) is 32.9 Å². The number of aryl methyl sites for hydroxylation is 2. The molecule has 102 valence electrons. The zero-order chi connectivity index (χ0) is 14.0. The van der Waals surface area contributed by atoms with Gasteiger partial charge in [0.05, 0.1) is 4.34 Å². The fourth-order valence-electron chi connectivity index (χ4n) is 1.88. The lowest BCUT2D eigenvalue weighted by atomic mass is 10.1. The second kappa shape index (κ2) is 5.95. The Kier molecular flexibility index (Phi) is 4.50. The number of nitrogens with two attached hydrogens (primary N) is 1. The van der Waals surface area contributed by atoms with Gasteiger partial charge >= 0.3 is 0 Å². The first-order chi connectivity index (χ1) is 8.97. The molecule has 0 bridgehead atoms. The zero-order valence-electron chi connectivity index (χ0n) is 11.3. The fourth-order valence-corrected chi connectivity index (χ4v) is 3.08.